The Morgan fingerprint density at radius 3 is 2.53 bits per heavy atom. The molecule has 2 aromatic heterocycles. The molecule has 0 aromatic carbocycles. The predicted octanol–water partition coefficient (Wildman–Crippen LogP) is 1.68. The summed E-state index contributed by atoms with van der Waals surface area (Å²) >= 11 is 0. The Morgan fingerprint density at radius 1 is 1.27 bits per heavy atom. The quantitative estimate of drug-likeness (QED) is 0.765. The highest BCUT2D eigenvalue weighted by molar-refractivity contribution is 5.73. The van der Waals surface area contributed by atoms with Gasteiger partial charge in [0.1, 0.15) is 0 Å². The van der Waals surface area contributed by atoms with Crippen LogP contribution in [-0.2, 0) is 7.05 Å². The number of aryl methyl sites for hydroxylation is 2. The summed E-state index contributed by atoms with van der Waals surface area (Å²) in [6.07, 6.45) is 3.61. The standard InChI is InChI=1S/C11H14N4/c1-7-4-10(12)11(13-5-7)9-6-14-15(3)8(9)2/h4-6H,12H2,1-3H3. The van der Waals surface area contributed by atoms with E-state index in [0.29, 0.717) is 5.69 Å². The minimum atomic E-state index is 0.700. The van der Waals surface area contributed by atoms with Crippen molar-refractivity contribution < 1.29 is 0 Å². The number of hydrogen-bond acceptors (Lipinski definition) is 3. The van der Waals surface area contributed by atoms with Gasteiger partial charge in [0, 0.05) is 24.5 Å². The Balaban J connectivity index is 2.59. The molecule has 2 N–H and O–H groups in total. The minimum Gasteiger partial charge on any atom is -0.397 e. The van der Waals surface area contributed by atoms with Crippen LogP contribution in [0.2, 0.25) is 0 Å². The second-order valence-electron chi connectivity index (χ2n) is 3.72. The second kappa shape index (κ2) is 3.38. The Labute approximate surface area is 88.8 Å². The van der Waals surface area contributed by atoms with E-state index in [0.717, 1.165) is 22.5 Å². The van der Waals surface area contributed by atoms with Crippen molar-refractivity contribution >= 4 is 5.69 Å². The lowest BCUT2D eigenvalue weighted by Crippen LogP contribution is -1.96. The average molecular weight is 202 g/mol. The van der Waals surface area contributed by atoms with Crippen LogP contribution < -0.4 is 5.73 Å². The molecule has 2 heterocycles. The Morgan fingerprint density at radius 2 is 2.00 bits per heavy atom. The third-order valence-electron chi connectivity index (χ3n) is 2.54. The monoisotopic (exact) mass is 202 g/mol. The molecule has 0 saturated heterocycles. The third kappa shape index (κ3) is 1.58. The Bertz CT molecular complexity index is 499. The van der Waals surface area contributed by atoms with Crippen molar-refractivity contribution in [3.63, 3.8) is 0 Å². The number of nitrogen functional groups attached to an aromatic ring is 1. The van der Waals surface area contributed by atoms with Gasteiger partial charge in [0.15, 0.2) is 0 Å². The van der Waals surface area contributed by atoms with Crippen molar-refractivity contribution in [1.82, 2.24) is 14.8 Å². The number of aromatic nitrogens is 3. The largest absolute Gasteiger partial charge is 0.397 e. The molecule has 4 heteroatoms. The molecule has 0 bridgehead atoms. The van der Waals surface area contributed by atoms with Crippen LogP contribution >= 0.6 is 0 Å². The van der Waals surface area contributed by atoms with E-state index in [2.05, 4.69) is 10.1 Å². The van der Waals surface area contributed by atoms with E-state index in [9.17, 15) is 0 Å². The van der Waals surface area contributed by atoms with Crippen molar-refractivity contribution in [1.29, 1.82) is 0 Å². The van der Waals surface area contributed by atoms with Crippen molar-refractivity contribution in [2.45, 2.75) is 13.8 Å². The SMILES string of the molecule is Cc1cnc(-c2cnn(C)c2C)c(N)c1. The lowest BCUT2D eigenvalue weighted by molar-refractivity contribution is 0.740. The summed E-state index contributed by atoms with van der Waals surface area (Å²) in [6.45, 7) is 3.98. The zero-order valence-corrected chi connectivity index (χ0v) is 9.15. The maximum atomic E-state index is 5.93. The molecular formula is C11H14N4. The number of nitrogens with zero attached hydrogens (tertiary/aromatic N) is 3. The fourth-order valence-corrected chi connectivity index (χ4v) is 1.55. The molecule has 4 nitrogen and oxygen atoms in total. The van der Waals surface area contributed by atoms with Crippen LogP contribution in [0.25, 0.3) is 11.3 Å². The summed E-state index contributed by atoms with van der Waals surface area (Å²) in [5.74, 6) is 0. The first-order valence-corrected chi connectivity index (χ1v) is 4.80. The molecule has 2 aromatic rings. The maximum Gasteiger partial charge on any atom is 0.0965 e. The Kier molecular flexibility index (Phi) is 2.19. The van der Waals surface area contributed by atoms with Crippen LogP contribution in [0, 0.1) is 13.8 Å². The summed E-state index contributed by atoms with van der Waals surface area (Å²) in [7, 11) is 1.91. The van der Waals surface area contributed by atoms with Crippen molar-refractivity contribution in [3.8, 4) is 11.3 Å². The van der Waals surface area contributed by atoms with Gasteiger partial charge < -0.3 is 5.73 Å². The van der Waals surface area contributed by atoms with Crippen LogP contribution in [0.1, 0.15) is 11.3 Å². The number of rotatable bonds is 1. The number of hydrogen-bond donors (Lipinski definition) is 1. The van der Waals surface area contributed by atoms with Crippen molar-refractivity contribution in [2.24, 2.45) is 7.05 Å². The summed E-state index contributed by atoms with van der Waals surface area (Å²) < 4.78 is 1.82. The maximum absolute atomic E-state index is 5.93. The molecule has 0 unspecified atom stereocenters. The molecule has 0 aliphatic heterocycles. The molecule has 0 amide bonds. The average Bonchev–Trinajstić information content (AvgIpc) is 2.49. The third-order valence-corrected chi connectivity index (χ3v) is 2.54. The highest BCUT2D eigenvalue weighted by atomic mass is 15.3. The van der Waals surface area contributed by atoms with Crippen LogP contribution in [0.3, 0.4) is 0 Å². The predicted molar refractivity (Wildman–Crippen MR) is 60.3 cm³/mol. The van der Waals surface area contributed by atoms with E-state index in [-0.39, 0.29) is 0 Å². The van der Waals surface area contributed by atoms with Gasteiger partial charge in [-0.3, -0.25) is 9.67 Å². The molecule has 0 aliphatic rings. The van der Waals surface area contributed by atoms with E-state index in [1.54, 1.807) is 6.20 Å². The van der Waals surface area contributed by atoms with Crippen LogP contribution in [0.15, 0.2) is 18.5 Å². The van der Waals surface area contributed by atoms with Gasteiger partial charge >= 0.3 is 0 Å². The van der Waals surface area contributed by atoms with Gasteiger partial charge in [-0.1, -0.05) is 0 Å². The summed E-state index contributed by atoms with van der Waals surface area (Å²) in [6, 6.07) is 1.93. The molecule has 0 saturated carbocycles. The van der Waals surface area contributed by atoms with Crippen LogP contribution in [0.5, 0.6) is 0 Å². The highest BCUT2D eigenvalue weighted by Gasteiger charge is 2.10. The summed E-state index contributed by atoms with van der Waals surface area (Å²) in [5, 5.41) is 4.18. The number of pyridine rings is 1. The first-order valence-electron chi connectivity index (χ1n) is 4.80. The fraction of sp³-hybridized carbons (Fsp3) is 0.273. The smallest absolute Gasteiger partial charge is 0.0965 e. The molecule has 0 spiro atoms. The van der Waals surface area contributed by atoms with Crippen molar-refractivity contribution in [3.05, 3.63) is 29.7 Å². The van der Waals surface area contributed by atoms with Gasteiger partial charge in [-0.2, -0.15) is 5.10 Å². The topological polar surface area (TPSA) is 56.7 Å². The van der Waals surface area contributed by atoms with Gasteiger partial charge in [-0.25, -0.2) is 0 Å². The van der Waals surface area contributed by atoms with E-state index < -0.39 is 0 Å². The summed E-state index contributed by atoms with van der Waals surface area (Å²) in [4.78, 5) is 4.34. The molecular weight excluding hydrogens is 188 g/mol. The van der Waals surface area contributed by atoms with Gasteiger partial charge in [0.25, 0.3) is 0 Å². The van der Waals surface area contributed by atoms with Crippen LogP contribution in [0.4, 0.5) is 5.69 Å². The van der Waals surface area contributed by atoms with E-state index in [4.69, 9.17) is 5.73 Å². The van der Waals surface area contributed by atoms with Crippen molar-refractivity contribution in [2.75, 3.05) is 5.73 Å². The first-order chi connectivity index (χ1) is 7.09. The molecule has 0 atom stereocenters. The van der Waals surface area contributed by atoms with Gasteiger partial charge in [-0.05, 0) is 25.5 Å². The highest BCUT2D eigenvalue weighted by Crippen LogP contribution is 2.26. The van der Waals surface area contributed by atoms with Gasteiger partial charge in [-0.15, -0.1) is 0 Å². The summed E-state index contributed by atoms with van der Waals surface area (Å²) in [5.41, 5.74) is 10.6. The molecule has 78 valence electrons. The number of nitrogens with two attached hydrogens (primary N) is 1. The second-order valence-corrected chi connectivity index (χ2v) is 3.72. The molecule has 15 heavy (non-hydrogen) atoms. The first kappa shape index (κ1) is 9.71. The van der Waals surface area contributed by atoms with E-state index in [1.165, 1.54) is 0 Å². The van der Waals surface area contributed by atoms with Gasteiger partial charge in [0.2, 0.25) is 0 Å². The molecule has 2 rings (SSSR count). The Hall–Kier alpha value is -1.84. The lowest BCUT2D eigenvalue weighted by atomic mass is 10.1. The molecule has 0 radical (unpaired) electrons. The fourth-order valence-electron chi connectivity index (χ4n) is 1.55. The zero-order valence-electron chi connectivity index (χ0n) is 9.15. The minimum absolute atomic E-state index is 0.700. The van der Waals surface area contributed by atoms with E-state index in [1.807, 2.05) is 37.8 Å². The number of anilines is 1. The molecule has 0 fully saturated rings. The lowest BCUT2D eigenvalue weighted by Gasteiger charge is -2.04. The normalized spacial score (nSPS) is 10.6. The molecule has 0 aliphatic carbocycles. The van der Waals surface area contributed by atoms with Crippen LogP contribution in [-0.4, -0.2) is 14.8 Å². The van der Waals surface area contributed by atoms with E-state index >= 15 is 0 Å². The zero-order chi connectivity index (χ0) is 11.0. The van der Waals surface area contributed by atoms with Gasteiger partial charge in [0.05, 0.1) is 17.6 Å².